The summed E-state index contributed by atoms with van der Waals surface area (Å²) in [5, 5.41) is 6.11. The van der Waals surface area contributed by atoms with Crippen LogP contribution in [0.1, 0.15) is 97.0 Å². The van der Waals surface area contributed by atoms with Crippen molar-refractivity contribution in [2.45, 2.75) is 126 Å². The molecule has 0 spiro atoms. The topological polar surface area (TPSA) is 199 Å². The third kappa shape index (κ3) is 8.93. The van der Waals surface area contributed by atoms with E-state index in [4.69, 9.17) is 23.9 Å². The smallest absolute Gasteiger partial charge is 0.262 e. The fraction of sp³-hybridized carbons (Fsp3) is 0.532. The summed E-state index contributed by atoms with van der Waals surface area (Å²) in [6.45, 7) is 7.31. The van der Waals surface area contributed by atoms with E-state index >= 15 is 0 Å². The van der Waals surface area contributed by atoms with E-state index in [9.17, 15) is 27.6 Å². The Morgan fingerprint density at radius 1 is 0.952 bits per heavy atom. The maximum atomic E-state index is 14.9. The molecule has 4 aromatic rings. The van der Waals surface area contributed by atoms with E-state index in [1.807, 2.05) is 48.6 Å². The van der Waals surface area contributed by atoms with Crippen molar-refractivity contribution in [1.82, 2.24) is 30.2 Å². The van der Waals surface area contributed by atoms with Gasteiger partial charge in [0.05, 0.1) is 11.8 Å². The summed E-state index contributed by atoms with van der Waals surface area (Å²) in [5.74, 6) is -2.27. The minimum atomic E-state index is -3.92. The highest BCUT2D eigenvalue weighted by molar-refractivity contribution is 7.91. The number of aromatic nitrogens is 2. The number of para-hydroxylation sites is 1. The number of fused-ring (bicyclic) bond motifs is 5. The van der Waals surface area contributed by atoms with Crippen LogP contribution >= 0.6 is 0 Å². The summed E-state index contributed by atoms with van der Waals surface area (Å²) >= 11 is 0. The molecule has 16 heteroatoms. The van der Waals surface area contributed by atoms with Gasteiger partial charge >= 0.3 is 0 Å². The van der Waals surface area contributed by atoms with Gasteiger partial charge in [-0.05, 0) is 74.5 Å². The summed E-state index contributed by atoms with van der Waals surface area (Å²) < 4.78 is 46.8. The number of nitrogens with one attached hydrogen (secondary N) is 3. The van der Waals surface area contributed by atoms with Gasteiger partial charge in [0.1, 0.15) is 34.8 Å². The van der Waals surface area contributed by atoms with Crippen LogP contribution in [0, 0.1) is 11.8 Å². The molecule has 2 aliphatic carbocycles. The Hall–Kier alpha value is -5.35. The van der Waals surface area contributed by atoms with E-state index in [1.54, 1.807) is 0 Å². The van der Waals surface area contributed by atoms with Gasteiger partial charge in [0.15, 0.2) is 5.82 Å². The van der Waals surface area contributed by atoms with E-state index in [2.05, 4.69) is 48.3 Å². The first-order valence-corrected chi connectivity index (χ1v) is 23.9. The Bertz CT molecular complexity index is 2560. The summed E-state index contributed by atoms with van der Waals surface area (Å²) in [4.78, 5) is 68.5. The van der Waals surface area contributed by atoms with Gasteiger partial charge < -0.3 is 29.4 Å². The molecule has 0 unspecified atom stereocenters. The van der Waals surface area contributed by atoms with E-state index in [0.29, 0.717) is 80.7 Å². The van der Waals surface area contributed by atoms with Crippen molar-refractivity contribution in [3.05, 3.63) is 66.2 Å². The van der Waals surface area contributed by atoms with Gasteiger partial charge in [-0.15, -0.1) is 0 Å². The number of carbonyl (C=O) groups is 4. The molecule has 0 radical (unpaired) electrons. The van der Waals surface area contributed by atoms with Crippen LogP contribution in [-0.2, 0) is 39.4 Å². The molecule has 3 aliphatic heterocycles. The zero-order chi connectivity index (χ0) is 44.1. The van der Waals surface area contributed by atoms with Crippen LogP contribution in [0.3, 0.4) is 0 Å². The molecule has 0 bridgehead atoms. The predicted octanol–water partition coefficient (Wildman–Crippen LogP) is 5.60. The average molecular weight is 881 g/mol. The quantitative estimate of drug-likeness (QED) is 0.186. The summed E-state index contributed by atoms with van der Waals surface area (Å²) in [7, 11) is -3.92. The fourth-order valence-electron chi connectivity index (χ4n) is 9.15. The molecule has 9 rings (SSSR count). The van der Waals surface area contributed by atoms with Crippen molar-refractivity contribution in [3.8, 4) is 17.3 Å². The number of allylic oxidation sites excluding steroid dienone is 1. The van der Waals surface area contributed by atoms with E-state index in [0.717, 1.165) is 29.4 Å². The summed E-state index contributed by atoms with van der Waals surface area (Å²) in [6, 6.07) is 13.5. The third-order valence-electron chi connectivity index (χ3n) is 13.2. The maximum Gasteiger partial charge on any atom is 0.262 e. The number of benzene rings is 2. The SMILES string of the molecule is CC(C)(C)c1ccc(-c2nc(O[C@@H]3C[C@H]4C(=O)N[C@]5(C(=O)NS(=O)(=O)C6CC6)C[C@@H]5/C=C\CCCCC[C@H](NC(=O)C5CCOCC5)C(=O)N4C3)c3oc4ccccc4c3n2)cc1. The lowest BCUT2D eigenvalue weighted by Crippen LogP contribution is -2.58. The minimum absolute atomic E-state index is 0.0120. The number of sulfonamides is 1. The highest BCUT2D eigenvalue weighted by Gasteiger charge is 2.62. The highest BCUT2D eigenvalue weighted by atomic mass is 32.2. The summed E-state index contributed by atoms with van der Waals surface area (Å²) in [5.41, 5.74) is 1.77. The molecule has 2 saturated heterocycles. The Kier molecular flexibility index (Phi) is 11.6. The second-order valence-electron chi connectivity index (χ2n) is 18.9. The number of rotatable bonds is 8. The van der Waals surface area contributed by atoms with Crippen LogP contribution < -0.4 is 20.1 Å². The Morgan fingerprint density at radius 3 is 2.46 bits per heavy atom. The molecule has 3 N–H and O–H groups in total. The van der Waals surface area contributed by atoms with Crippen LogP contribution in [0.25, 0.3) is 33.5 Å². The third-order valence-corrected chi connectivity index (χ3v) is 15.0. The number of amides is 4. The number of hydrogen-bond acceptors (Lipinski definition) is 11. The van der Waals surface area contributed by atoms with Crippen molar-refractivity contribution < 1.29 is 41.5 Å². The maximum absolute atomic E-state index is 14.9. The number of carbonyl (C=O) groups excluding carboxylic acids is 4. The van der Waals surface area contributed by atoms with Gasteiger partial charge in [-0.2, -0.15) is 4.98 Å². The Morgan fingerprint density at radius 2 is 1.71 bits per heavy atom. The normalized spacial score (nSPS) is 26.8. The molecule has 2 aromatic heterocycles. The van der Waals surface area contributed by atoms with Crippen molar-refractivity contribution in [3.63, 3.8) is 0 Å². The van der Waals surface area contributed by atoms with Gasteiger partial charge in [0, 0.05) is 42.4 Å². The molecule has 2 saturated carbocycles. The van der Waals surface area contributed by atoms with Crippen LogP contribution in [0.2, 0.25) is 0 Å². The average Bonchev–Trinajstić information content (AvgIpc) is 4.17. The Balaban J connectivity index is 1.06. The van der Waals surface area contributed by atoms with Crippen molar-refractivity contribution in [2.75, 3.05) is 19.8 Å². The number of nitrogens with zero attached hydrogens (tertiary/aromatic N) is 3. The van der Waals surface area contributed by atoms with Crippen molar-refractivity contribution in [1.29, 1.82) is 0 Å². The van der Waals surface area contributed by atoms with Gasteiger partial charge in [0.2, 0.25) is 33.3 Å². The molecule has 15 nitrogen and oxygen atoms in total. The van der Waals surface area contributed by atoms with E-state index in [-0.39, 0.29) is 42.5 Å². The first-order chi connectivity index (χ1) is 30.2. The van der Waals surface area contributed by atoms with Gasteiger partial charge in [-0.25, -0.2) is 13.4 Å². The molecule has 63 heavy (non-hydrogen) atoms. The standard InChI is InChI=1S/C47H56N6O9S/c1-46(2,3)30-17-15-28(16-18-30)40-49-38-34-12-9-10-14-37(34)62-39(38)43(50-40)61-32-25-36-42(55)51-47(45(57)52-63(58,59)33-19-20-33)26-31(47)11-7-5-4-6-8-13-35(44(56)53(36)27-32)48-41(54)29-21-23-60-24-22-29/h7,9-12,14-18,29,31-33,35-36H,4-6,8,13,19-27H2,1-3H3,(H,48,54)(H,51,55)(H,52,57)/b11-7-/t31-,32+,35-,36-,47+/m0/s1. The molecule has 5 aliphatic rings. The van der Waals surface area contributed by atoms with Gasteiger partial charge in [-0.3, -0.25) is 23.9 Å². The monoisotopic (exact) mass is 880 g/mol. The molecule has 5 heterocycles. The van der Waals surface area contributed by atoms with Crippen LogP contribution in [-0.4, -0.2) is 95.6 Å². The molecule has 5 atom stereocenters. The van der Waals surface area contributed by atoms with Gasteiger partial charge in [-0.1, -0.05) is 82.2 Å². The minimum Gasteiger partial charge on any atom is -0.470 e. The predicted molar refractivity (Wildman–Crippen MR) is 235 cm³/mol. The second kappa shape index (κ2) is 17.0. The lowest BCUT2D eigenvalue weighted by molar-refractivity contribution is -0.143. The molecule has 334 valence electrons. The van der Waals surface area contributed by atoms with Gasteiger partial charge in [0.25, 0.3) is 11.8 Å². The van der Waals surface area contributed by atoms with Crippen molar-refractivity contribution >= 4 is 55.7 Å². The lowest BCUT2D eigenvalue weighted by Gasteiger charge is -2.31. The number of furan rings is 1. The number of ether oxygens (including phenoxy) is 2. The van der Waals surface area contributed by atoms with Crippen LogP contribution in [0.5, 0.6) is 5.88 Å². The van der Waals surface area contributed by atoms with E-state index in [1.165, 1.54) is 4.90 Å². The largest absolute Gasteiger partial charge is 0.470 e. The molecule has 4 fully saturated rings. The first-order valence-electron chi connectivity index (χ1n) is 22.4. The van der Waals surface area contributed by atoms with E-state index < -0.39 is 62.6 Å². The fourth-order valence-corrected chi connectivity index (χ4v) is 10.5. The number of hydrogen-bond donors (Lipinski definition) is 3. The Labute approximate surface area is 367 Å². The highest BCUT2D eigenvalue weighted by Crippen LogP contribution is 2.46. The lowest BCUT2D eigenvalue weighted by atomic mass is 9.87. The zero-order valence-corrected chi connectivity index (χ0v) is 36.9. The molecule has 4 amide bonds. The van der Waals surface area contributed by atoms with Crippen molar-refractivity contribution in [2.24, 2.45) is 11.8 Å². The molecule has 2 aromatic carbocycles. The second-order valence-corrected chi connectivity index (χ2v) is 20.9. The van der Waals surface area contributed by atoms with Crippen LogP contribution in [0.4, 0.5) is 0 Å². The first kappa shape index (κ1) is 42.9. The summed E-state index contributed by atoms with van der Waals surface area (Å²) in [6.07, 6.45) is 8.62. The molecular formula is C47H56N6O9S. The molecular weight excluding hydrogens is 825 g/mol. The van der Waals surface area contributed by atoms with Crippen LogP contribution in [0.15, 0.2) is 65.1 Å². The zero-order valence-electron chi connectivity index (χ0n) is 36.1.